The largest absolute Gasteiger partial charge is 0.508 e. The average Bonchev–Trinajstić information content (AvgIpc) is 2.97. The number of halogens is 1. The summed E-state index contributed by atoms with van der Waals surface area (Å²) in [6, 6.07) is 33.9. The molecule has 6 aromatic rings. The van der Waals surface area contributed by atoms with Gasteiger partial charge in [-0.15, -0.1) is 0 Å². The minimum absolute atomic E-state index is 0.0141. The van der Waals surface area contributed by atoms with Crippen LogP contribution in [0.5, 0.6) is 28.7 Å². The Morgan fingerprint density at radius 1 is 0.571 bits per heavy atom. The standard InChI is InChI=1S/C25H33N3O2.C24H33NO4S.C20H24FNO2/c1-18-15-19(7-8-23(18)29)9-10-25(2,3)28-16-20-5-4-6-21(22(20)17-28)24(30)27-13-11-26-12-14-27;1-23(2,3)29-22-13-17(7-10-21(22)26)11-12-24(4,5)25-15-18-8-9-20(30(6,27)28)14-19(18)16-25;1-20(2,10-9-14-7-8-18(23)19(11-14)24-3)22-12-15-5-4-6-17(21)16(15)13-22/h4-8,15,26,29H,9-14,16-17H2,1-3H3;7-10,13-14,26H,11-12,15-16H2,1-6H3;4-8,11,23H,9-10,12-13H2,1-3H3. The lowest BCUT2D eigenvalue weighted by Crippen LogP contribution is -2.46. The predicted octanol–water partition coefficient (Wildman–Crippen LogP) is 12.4. The molecule has 10 rings (SSSR count). The number of methoxy groups -OCH3 is 1. The number of ether oxygens (including phenoxy) is 2. The minimum Gasteiger partial charge on any atom is -0.508 e. The predicted molar refractivity (Wildman–Crippen MR) is 332 cm³/mol. The van der Waals surface area contributed by atoms with E-state index in [1.54, 1.807) is 37.4 Å². The van der Waals surface area contributed by atoms with Gasteiger partial charge in [-0.2, -0.15) is 0 Å². The molecule has 0 radical (unpaired) electrons. The number of hydrogen-bond donors (Lipinski definition) is 4. The molecule has 0 unspecified atom stereocenters. The van der Waals surface area contributed by atoms with E-state index in [1.807, 2.05) is 93.3 Å². The Labute approximate surface area is 499 Å². The highest BCUT2D eigenvalue weighted by Gasteiger charge is 2.36. The van der Waals surface area contributed by atoms with Crippen molar-refractivity contribution in [3.8, 4) is 28.7 Å². The van der Waals surface area contributed by atoms with Crippen molar-refractivity contribution in [1.82, 2.24) is 24.9 Å². The van der Waals surface area contributed by atoms with Crippen molar-refractivity contribution in [1.29, 1.82) is 0 Å². The van der Waals surface area contributed by atoms with Crippen LogP contribution in [0.2, 0.25) is 0 Å². The summed E-state index contributed by atoms with van der Waals surface area (Å²) < 4.78 is 48.7. The first-order chi connectivity index (χ1) is 39.5. The van der Waals surface area contributed by atoms with Crippen molar-refractivity contribution >= 4 is 15.7 Å². The number of fused-ring (bicyclic) bond motifs is 3. The van der Waals surface area contributed by atoms with Crippen molar-refractivity contribution in [2.45, 2.75) is 174 Å². The van der Waals surface area contributed by atoms with Crippen molar-refractivity contribution in [3.05, 3.63) is 176 Å². The molecule has 1 saturated heterocycles. The van der Waals surface area contributed by atoms with Gasteiger partial charge < -0.3 is 35.0 Å². The Morgan fingerprint density at radius 3 is 1.58 bits per heavy atom. The van der Waals surface area contributed by atoms with E-state index in [0.717, 1.165) is 136 Å². The summed E-state index contributed by atoms with van der Waals surface area (Å²) in [7, 11) is -1.64. The number of benzene rings is 6. The number of aryl methyl sites for hydroxylation is 4. The molecule has 1 amide bonds. The van der Waals surface area contributed by atoms with Gasteiger partial charge >= 0.3 is 0 Å². The Hall–Kier alpha value is -6.49. The number of hydrogen-bond acceptors (Lipinski definition) is 12. The second kappa shape index (κ2) is 26.0. The van der Waals surface area contributed by atoms with Gasteiger partial charge in [0.15, 0.2) is 32.8 Å². The summed E-state index contributed by atoms with van der Waals surface area (Å²) in [4.78, 5) is 22.7. The lowest BCUT2D eigenvalue weighted by atomic mass is 9.93. The van der Waals surface area contributed by atoms with Gasteiger partial charge in [0.2, 0.25) is 0 Å². The van der Waals surface area contributed by atoms with Gasteiger partial charge in [0.05, 0.1) is 12.0 Å². The third kappa shape index (κ3) is 15.9. The van der Waals surface area contributed by atoms with Crippen LogP contribution in [0.25, 0.3) is 0 Å². The Kier molecular flexibility index (Phi) is 19.7. The molecule has 1 fully saturated rings. The van der Waals surface area contributed by atoms with Crippen LogP contribution in [-0.4, -0.2) is 111 Å². The molecule has 84 heavy (non-hydrogen) atoms. The zero-order valence-electron chi connectivity index (χ0n) is 51.7. The Balaban J connectivity index is 0.000000166. The molecule has 452 valence electrons. The van der Waals surface area contributed by atoms with Crippen molar-refractivity contribution in [2.75, 3.05) is 39.5 Å². The van der Waals surface area contributed by atoms with Gasteiger partial charge in [0.1, 0.15) is 17.2 Å². The van der Waals surface area contributed by atoms with Crippen molar-refractivity contribution < 1.29 is 42.4 Å². The third-order valence-electron chi connectivity index (χ3n) is 17.5. The Bertz CT molecular complexity index is 3420. The van der Waals surface area contributed by atoms with E-state index in [4.69, 9.17) is 9.47 Å². The summed E-state index contributed by atoms with van der Waals surface area (Å²) in [5.41, 5.74) is 11.5. The monoisotopic (exact) mass is 1170 g/mol. The zero-order valence-corrected chi connectivity index (χ0v) is 52.5. The van der Waals surface area contributed by atoms with Crippen LogP contribution in [0.15, 0.2) is 114 Å². The van der Waals surface area contributed by atoms with Crippen LogP contribution >= 0.6 is 0 Å². The number of phenols is 3. The van der Waals surface area contributed by atoms with E-state index < -0.39 is 9.84 Å². The molecular weight excluding hydrogens is 1080 g/mol. The molecule has 6 aromatic carbocycles. The molecule has 15 heteroatoms. The van der Waals surface area contributed by atoms with E-state index in [1.165, 1.54) is 34.6 Å². The van der Waals surface area contributed by atoms with E-state index in [0.29, 0.717) is 28.7 Å². The van der Waals surface area contributed by atoms with E-state index in [-0.39, 0.29) is 45.4 Å². The number of rotatable bonds is 16. The van der Waals surface area contributed by atoms with Gasteiger partial charge in [-0.25, -0.2) is 12.8 Å². The maximum atomic E-state index is 14.0. The number of nitrogens with one attached hydrogen (secondary N) is 1. The summed E-state index contributed by atoms with van der Waals surface area (Å²) in [5, 5.41) is 32.9. The van der Waals surface area contributed by atoms with Crippen LogP contribution < -0.4 is 14.8 Å². The first-order valence-corrected chi connectivity index (χ1v) is 31.5. The van der Waals surface area contributed by atoms with Gasteiger partial charge in [0.25, 0.3) is 5.91 Å². The van der Waals surface area contributed by atoms with Crippen LogP contribution in [0.4, 0.5) is 4.39 Å². The highest BCUT2D eigenvalue weighted by molar-refractivity contribution is 7.90. The maximum absolute atomic E-state index is 14.0. The number of phenolic OH excluding ortho intramolecular Hbond substituents is 3. The minimum atomic E-state index is -3.20. The lowest BCUT2D eigenvalue weighted by Gasteiger charge is -2.36. The molecule has 0 atom stereocenters. The van der Waals surface area contributed by atoms with E-state index in [2.05, 4.69) is 73.7 Å². The van der Waals surface area contributed by atoms with Gasteiger partial charge in [0, 0.05) is 99.4 Å². The van der Waals surface area contributed by atoms with Gasteiger partial charge in [-0.1, -0.05) is 54.6 Å². The van der Waals surface area contributed by atoms with Crippen LogP contribution in [0.3, 0.4) is 0 Å². The first-order valence-electron chi connectivity index (χ1n) is 29.6. The number of carbonyl (C=O) groups is 1. The topological polar surface area (TPSA) is 155 Å². The number of sulfone groups is 1. The third-order valence-corrected chi connectivity index (χ3v) is 18.6. The summed E-state index contributed by atoms with van der Waals surface area (Å²) in [5.74, 6) is 1.76. The van der Waals surface area contributed by atoms with E-state index in [9.17, 15) is 32.9 Å². The molecule has 0 saturated carbocycles. The highest BCUT2D eigenvalue weighted by Crippen LogP contribution is 2.38. The van der Waals surface area contributed by atoms with Crippen LogP contribution in [-0.2, 0) is 68.4 Å². The van der Waals surface area contributed by atoms with Crippen molar-refractivity contribution in [3.63, 3.8) is 0 Å². The fourth-order valence-corrected chi connectivity index (χ4v) is 12.3. The first kappa shape index (κ1) is 63.5. The number of carbonyl (C=O) groups excluding carboxylic acids is 1. The second-order valence-corrected chi connectivity index (χ2v) is 28.2. The molecule has 0 spiro atoms. The van der Waals surface area contributed by atoms with Gasteiger partial charge in [-0.3, -0.25) is 19.5 Å². The summed E-state index contributed by atoms with van der Waals surface area (Å²) in [6.45, 7) is 29.3. The lowest BCUT2D eigenvalue weighted by molar-refractivity contribution is 0.0731. The fourth-order valence-electron chi connectivity index (χ4n) is 11.6. The molecule has 0 bridgehead atoms. The van der Waals surface area contributed by atoms with Gasteiger partial charge in [-0.05, 0) is 212 Å². The molecule has 0 aliphatic carbocycles. The molecule has 13 nitrogen and oxygen atoms in total. The maximum Gasteiger partial charge on any atom is 0.254 e. The summed E-state index contributed by atoms with van der Waals surface area (Å²) >= 11 is 0. The number of aromatic hydroxyl groups is 3. The molecule has 0 aromatic heterocycles. The molecule has 4 heterocycles. The smallest absolute Gasteiger partial charge is 0.254 e. The Morgan fingerprint density at radius 2 is 1.05 bits per heavy atom. The molecule has 4 N–H and O–H groups in total. The summed E-state index contributed by atoms with van der Waals surface area (Å²) in [6.07, 6.45) is 6.84. The molecule has 4 aliphatic rings. The van der Waals surface area contributed by atoms with Crippen molar-refractivity contribution in [2.24, 2.45) is 0 Å². The number of nitrogens with zero attached hydrogens (tertiary/aromatic N) is 4. The van der Waals surface area contributed by atoms with Crippen LogP contribution in [0.1, 0.15) is 148 Å². The number of amides is 1. The zero-order chi connectivity index (χ0) is 60.9. The molecular formula is C69H90FN5O8S. The second-order valence-electron chi connectivity index (χ2n) is 26.2. The average molecular weight is 1170 g/mol. The van der Waals surface area contributed by atoms with E-state index >= 15 is 0 Å². The quantitative estimate of drug-likeness (QED) is 0.0729. The fraction of sp³-hybridized carbons (Fsp3) is 0.464. The SMILES string of the molecule is CC(C)(C)Oc1cc(CCC(C)(C)N2Cc3ccc(S(C)(=O)=O)cc3C2)ccc1O.COc1cc(CCC(C)(C)N2Cc3cccc(F)c3C2)ccc1O.Cc1cc(CCC(C)(C)N2Cc3cccc(C(=O)N4CCNCC4)c3C2)ccc1O. The highest BCUT2D eigenvalue weighted by atomic mass is 32.2. The van der Waals surface area contributed by atoms with Crippen LogP contribution in [0, 0.1) is 12.7 Å². The normalized spacial score (nSPS) is 15.8. The molecule has 4 aliphatic heterocycles. The number of piperazine rings is 1.